The summed E-state index contributed by atoms with van der Waals surface area (Å²) in [6.07, 6.45) is 1.91. The highest BCUT2D eigenvalue weighted by Gasteiger charge is 2.44. The van der Waals surface area contributed by atoms with Crippen molar-refractivity contribution in [3.63, 3.8) is 0 Å². The molecule has 2 N–H and O–H groups in total. The predicted octanol–water partition coefficient (Wildman–Crippen LogP) is 4.79. The van der Waals surface area contributed by atoms with Crippen molar-refractivity contribution in [3.8, 4) is 17.6 Å². The molecule has 0 aliphatic carbocycles. The summed E-state index contributed by atoms with van der Waals surface area (Å²) in [5.74, 6) is 1.35. The smallest absolute Gasteiger partial charge is 0.320 e. The third kappa shape index (κ3) is 4.31. The van der Waals surface area contributed by atoms with Gasteiger partial charge >= 0.3 is 6.03 Å². The number of nitriles is 1. The number of piperidine rings is 1. The van der Waals surface area contributed by atoms with E-state index in [9.17, 15) is 10.1 Å². The number of benzene rings is 2. The predicted molar refractivity (Wildman–Crippen MR) is 124 cm³/mol. The Hall–Kier alpha value is -2.66. The summed E-state index contributed by atoms with van der Waals surface area (Å²) in [7, 11) is 3.23. The fraction of sp³-hybridized carbons (Fsp3) is 0.391. The molecule has 0 saturated carbocycles. The van der Waals surface area contributed by atoms with Crippen LogP contribution in [-0.4, -0.2) is 43.8 Å². The number of nitrogens with zero attached hydrogens (tertiary/aromatic N) is 2. The Morgan fingerprint density at radius 3 is 2.59 bits per heavy atom. The minimum atomic E-state index is -0.997. The van der Waals surface area contributed by atoms with Crippen LogP contribution in [0.15, 0.2) is 30.3 Å². The summed E-state index contributed by atoms with van der Waals surface area (Å²) < 4.78 is 11.0. The van der Waals surface area contributed by atoms with Crippen molar-refractivity contribution in [2.45, 2.75) is 30.8 Å². The second kappa shape index (κ2) is 9.07. The molecule has 2 heterocycles. The van der Waals surface area contributed by atoms with Crippen LogP contribution in [0.4, 0.5) is 10.5 Å². The molecular weight excluding hydrogens is 451 g/mol. The highest BCUT2D eigenvalue weighted by atomic mass is 35.5. The van der Waals surface area contributed by atoms with Crippen LogP contribution in [0.1, 0.15) is 30.0 Å². The molecule has 168 valence electrons. The first-order valence-electron chi connectivity index (χ1n) is 10.3. The van der Waals surface area contributed by atoms with Gasteiger partial charge in [0.2, 0.25) is 0 Å². The van der Waals surface area contributed by atoms with Crippen LogP contribution in [0.5, 0.6) is 11.5 Å². The first kappa shape index (κ1) is 22.5. The molecule has 2 aromatic rings. The van der Waals surface area contributed by atoms with E-state index in [0.29, 0.717) is 46.6 Å². The molecule has 4 rings (SSSR count). The van der Waals surface area contributed by atoms with Crippen molar-refractivity contribution < 1.29 is 14.3 Å². The molecule has 0 radical (unpaired) electrons. The fourth-order valence-corrected chi connectivity index (χ4v) is 4.85. The molecule has 0 aromatic heterocycles. The lowest BCUT2D eigenvalue weighted by Crippen LogP contribution is -2.57. The number of hydrogen-bond donors (Lipinski definition) is 2. The van der Waals surface area contributed by atoms with E-state index in [1.807, 2.05) is 12.1 Å². The SMILES string of the molecule is COc1cc2c(cc1OC)[C@@H]1C[C@](C#N)(NC(=O)Nc3ccc(Cl)c(Cl)c3)CCN1CC2. The summed E-state index contributed by atoms with van der Waals surface area (Å²) in [5, 5.41) is 16.5. The van der Waals surface area contributed by atoms with Crippen LogP contribution in [0.2, 0.25) is 10.0 Å². The molecule has 1 saturated heterocycles. The molecule has 2 aliphatic heterocycles. The van der Waals surface area contributed by atoms with Crippen molar-refractivity contribution >= 4 is 34.9 Å². The zero-order chi connectivity index (χ0) is 22.9. The van der Waals surface area contributed by atoms with Gasteiger partial charge in [-0.15, -0.1) is 0 Å². The van der Waals surface area contributed by atoms with Gasteiger partial charge in [0.1, 0.15) is 5.54 Å². The van der Waals surface area contributed by atoms with Crippen molar-refractivity contribution in [2.24, 2.45) is 0 Å². The zero-order valence-electron chi connectivity index (χ0n) is 17.9. The molecule has 0 bridgehead atoms. The number of carbonyl (C=O) groups excluding carboxylic acids is 1. The second-order valence-electron chi connectivity index (χ2n) is 8.06. The van der Waals surface area contributed by atoms with Crippen LogP contribution >= 0.6 is 23.2 Å². The lowest BCUT2D eigenvalue weighted by molar-refractivity contribution is 0.0956. The number of amides is 2. The number of urea groups is 1. The Labute approximate surface area is 197 Å². The molecule has 2 amide bonds. The first-order chi connectivity index (χ1) is 15.4. The average molecular weight is 475 g/mol. The third-order valence-electron chi connectivity index (χ3n) is 6.23. The maximum atomic E-state index is 12.7. The van der Waals surface area contributed by atoms with Gasteiger partial charge in [-0.05, 0) is 54.3 Å². The lowest BCUT2D eigenvalue weighted by atomic mass is 9.78. The number of halogens is 2. The van der Waals surface area contributed by atoms with Gasteiger partial charge in [-0.2, -0.15) is 5.26 Å². The number of nitrogens with one attached hydrogen (secondary N) is 2. The summed E-state index contributed by atoms with van der Waals surface area (Å²) >= 11 is 12.0. The average Bonchev–Trinajstić information content (AvgIpc) is 2.80. The van der Waals surface area contributed by atoms with E-state index in [0.717, 1.165) is 18.5 Å². The quantitative estimate of drug-likeness (QED) is 0.664. The molecule has 2 aromatic carbocycles. The Bertz CT molecular complexity index is 1090. The first-order valence-corrected chi connectivity index (χ1v) is 11.1. The van der Waals surface area contributed by atoms with Gasteiger partial charge in [-0.3, -0.25) is 4.90 Å². The molecule has 2 atom stereocenters. The van der Waals surface area contributed by atoms with E-state index in [-0.39, 0.29) is 6.04 Å². The van der Waals surface area contributed by atoms with Gasteiger partial charge in [0.05, 0.1) is 30.3 Å². The minimum absolute atomic E-state index is 0.00256. The van der Waals surface area contributed by atoms with E-state index < -0.39 is 11.6 Å². The summed E-state index contributed by atoms with van der Waals surface area (Å²) in [4.78, 5) is 15.1. The van der Waals surface area contributed by atoms with Crippen LogP contribution in [0.25, 0.3) is 0 Å². The van der Waals surface area contributed by atoms with Crippen molar-refractivity contribution in [1.82, 2.24) is 10.2 Å². The third-order valence-corrected chi connectivity index (χ3v) is 6.96. The largest absolute Gasteiger partial charge is 0.493 e. The lowest BCUT2D eigenvalue weighted by Gasteiger charge is -2.46. The Morgan fingerprint density at radius 2 is 1.91 bits per heavy atom. The highest BCUT2D eigenvalue weighted by Crippen LogP contribution is 2.44. The van der Waals surface area contributed by atoms with Gasteiger partial charge in [0, 0.05) is 31.2 Å². The van der Waals surface area contributed by atoms with Gasteiger partial charge in [-0.1, -0.05) is 23.2 Å². The van der Waals surface area contributed by atoms with E-state index in [1.165, 1.54) is 5.56 Å². The van der Waals surface area contributed by atoms with Gasteiger partial charge < -0.3 is 20.1 Å². The molecular formula is C23H24Cl2N4O3. The van der Waals surface area contributed by atoms with Crippen molar-refractivity contribution in [2.75, 3.05) is 32.6 Å². The molecule has 0 spiro atoms. The molecule has 32 heavy (non-hydrogen) atoms. The molecule has 2 aliphatic rings. The Morgan fingerprint density at radius 1 is 1.16 bits per heavy atom. The van der Waals surface area contributed by atoms with Crippen LogP contribution in [0, 0.1) is 11.3 Å². The molecule has 0 unspecified atom stereocenters. The Kier molecular flexibility index (Phi) is 6.38. The van der Waals surface area contributed by atoms with Gasteiger partial charge in [0.25, 0.3) is 0 Å². The van der Waals surface area contributed by atoms with E-state index >= 15 is 0 Å². The second-order valence-corrected chi connectivity index (χ2v) is 8.88. The van der Waals surface area contributed by atoms with Crippen molar-refractivity contribution in [3.05, 3.63) is 51.5 Å². The number of ether oxygens (including phenoxy) is 2. The maximum absolute atomic E-state index is 12.7. The number of fused-ring (bicyclic) bond motifs is 3. The topological polar surface area (TPSA) is 86.6 Å². The highest BCUT2D eigenvalue weighted by molar-refractivity contribution is 6.42. The number of anilines is 1. The van der Waals surface area contributed by atoms with Crippen LogP contribution in [-0.2, 0) is 6.42 Å². The van der Waals surface area contributed by atoms with Crippen LogP contribution in [0.3, 0.4) is 0 Å². The minimum Gasteiger partial charge on any atom is -0.493 e. The number of carbonyl (C=O) groups is 1. The summed E-state index contributed by atoms with van der Waals surface area (Å²) in [6, 6.07) is 10.8. The Balaban J connectivity index is 1.56. The normalized spacial score (nSPS) is 22.2. The molecule has 9 heteroatoms. The number of rotatable bonds is 4. The fourth-order valence-electron chi connectivity index (χ4n) is 4.55. The van der Waals surface area contributed by atoms with Gasteiger partial charge in [0.15, 0.2) is 11.5 Å². The molecule has 7 nitrogen and oxygen atoms in total. The van der Waals surface area contributed by atoms with Crippen LogP contribution < -0.4 is 20.1 Å². The monoisotopic (exact) mass is 474 g/mol. The summed E-state index contributed by atoms with van der Waals surface area (Å²) in [6.45, 7) is 1.60. The van der Waals surface area contributed by atoms with Crippen molar-refractivity contribution in [1.29, 1.82) is 5.26 Å². The summed E-state index contributed by atoms with van der Waals surface area (Å²) in [5.41, 5.74) is 1.79. The van der Waals surface area contributed by atoms with E-state index in [2.05, 4.69) is 21.6 Å². The maximum Gasteiger partial charge on any atom is 0.320 e. The van der Waals surface area contributed by atoms with Gasteiger partial charge in [-0.25, -0.2) is 4.79 Å². The molecule has 1 fully saturated rings. The number of hydrogen-bond acceptors (Lipinski definition) is 5. The van der Waals surface area contributed by atoms with E-state index in [1.54, 1.807) is 32.4 Å². The van der Waals surface area contributed by atoms with E-state index in [4.69, 9.17) is 32.7 Å². The standard InChI is InChI=1S/C23H24Cl2N4O3/c1-31-20-9-14-5-7-29-8-6-23(13-26,12-19(29)16(14)11-21(20)32-2)28-22(30)27-15-3-4-17(24)18(25)10-15/h3-4,9-11,19H,5-8,12H2,1-2H3,(H2,27,28,30)/t19-,23+/m0/s1. The zero-order valence-corrected chi connectivity index (χ0v) is 19.4. The number of methoxy groups -OCH3 is 2.